The highest BCUT2D eigenvalue weighted by Gasteiger charge is 2.25. The van der Waals surface area contributed by atoms with Crippen LogP contribution in [-0.4, -0.2) is 54.6 Å². The molecule has 3 aromatic heterocycles. The maximum Gasteiger partial charge on any atom is 0.234 e. The number of aromatic amines is 1. The van der Waals surface area contributed by atoms with Crippen molar-refractivity contribution < 1.29 is 4.79 Å². The molecule has 1 saturated carbocycles. The van der Waals surface area contributed by atoms with Crippen LogP contribution in [0, 0.1) is 25.7 Å². The van der Waals surface area contributed by atoms with E-state index in [2.05, 4.69) is 76.3 Å². The highest BCUT2D eigenvalue weighted by Crippen LogP contribution is 2.39. The van der Waals surface area contributed by atoms with Gasteiger partial charge in [0.25, 0.3) is 0 Å². The Morgan fingerprint density at radius 2 is 1.79 bits per heavy atom. The Bertz CT molecular complexity index is 1050. The maximum absolute atomic E-state index is 9.80. The van der Waals surface area contributed by atoms with Crippen molar-refractivity contribution >= 4 is 41.5 Å². The number of H-pyrrole nitrogens is 1. The zero-order valence-corrected chi connectivity index (χ0v) is 19.2. The second-order valence-corrected chi connectivity index (χ2v) is 7.22. The van der Waals surface area contributed by atoms with E-state index in [0.29, 0.717) is 35.9 Å². The summed E-state index contributed by atoms with van der Waals surface area (Å²) in [6.07, 6.45) is 25.9. The second kappa shape index (κ2) is 14.0. The lowest BCUT2D eigenvalue weighted by atomic mass is 10.3. The smallest absolute Gasteiger partial charge is 0.234 e. The Morgan fingerprint density at radius 3 is 2.41 bits per heavy atom. The van der Waals surface area contributed by atoms with Crippen molar-refractivity contribution in [1.82, 2.24) is 35.1 Å². The predicted molar refractivity (Wildman–Crippen MR) is 132 cm³/mol. The number of amides is 1. The SMILES string of the molecule is C#C.C#C.Clc1nc(Nc2cc(C3CC3)[nH]n2)nc(N2CCCC2)n1.O=CNc1cnccn1. The van der Waals surface area contributed by atoms with Crippen LogP contribution in [0.15, 0.2) is 24.7 Å². The van der Waals surface area contributed by atoms with Gasteiger partial charge in [0.15, 0.2) is 11.6 Å². The number of halogens is 1. The van der Waals surface area contributed by atoms with Crippen LogP contribution < -0.4 is 15.5 Å². The lowest BCUT2D eigenvalue weighted by Gasteiger charge is -2.15. The van der Waals surface area contributed by atoms with E-state index in [9.17, 15) is 4.79 Å². The van der Waals surface area contributed by atoms with Gasteiger partial charge in [0.1, 0.15) is 0 Å². The molecule has 0 aromatic carbocycles. The highest BCUT2D eigenvalue weighted by molar-refractivity contribution is 6.28. The maximum atomic E-state index is 9.80. The van der Waals surface area contributed by atoms with Crippen LogP contribution in [0.25, 0.3) is 0 Å². The molecule has 1 aliphatic heterocycles. The monoisotopic (exact) mass is 480 g/mol. The fourth-order valence-electron chi connectivity index (χ4n) is 3.01. The Morgan fingerprint density at radius 1 is 1.06 bits per heavy atom. The van der Waals surface area contributed by atoms with Crippen molar-refractivity contribution in [1.29, 1.82) is 0 Å². The second-order valence-electron chi connectivity index (χ2n) is 6.88. The molecule has 11 nitrogen and oxygen atoms in total. The van der Waals surface area contributed by atoms with Crippen LogP contribution in [-0.2, 0) is 4.79 Å². The lowest BCUT2D eigenvalue weighted by molar-refractivity contribution is -0.105. The molecule has 0 unspecified atom stereocenters. The van der Waals surface area contributed by atoms with Crippen molar-refractivity contribution in [3.8, 4) is 25.7 Å². The van der Waals surface area contributed by atoms with Gasteiger partial charge in [0.05, 0.1) is 6.20 Å². The summed E-state index contributed by atoms with van der Waals surface area (Å²) in [5, 5.41) is 12.9. The highest BCUT2D eigenvalue weighted by atomic mass is 35.5. The minimum Gasteiger partial charge on any atom is -0.341 e. The zero-order valence-electron chi connectivity index (χ0n) is 18.4. The van der Waals surface area contributed by atoms with E-state index in [1.807, 2.05) is 6.07 Å². The predicted octanol–water partition coefficient (Wildman–Crippen LogP) is 3.01. The molecule has 4 heterocycles. The molecule has 3 N–H and O–H groups in total. The number of rotatable bonds is 6. The quantitative estimate of drug-likeness (QED) is 0.359. The molecule has 1 saturated heterocycles. The average Bonchev–Trinajstić information content (AvgIpc) is 3.37. The lowest BCUT2D eigenvalue weighted by Crippen LogP contribution is -2.21. The van der Waals surface area contributed by atoms with Gasteiger partial charge in [0.2, 0.25) is 23.6 Å². The molecule has 176 valence electrons. The molecule has 2 fully saturated rings. The standard InChI is InChI=1S/C13H16ClN7.C5H5N3O.2C2H2/c14-11-16-12(18-13(17-11)21-5-1-2-6-21)15-10-7-9(19-20-10)8-3-4-8;9-4-8-5-3-6-1-2-7-5;2*1-2/h7-8H,1-6H2,(H2,15,16,17,18,19,20);1-4H,(H,7,8,9);2*1-2H. The molecule has 5 rings (SSSR count). The Labute approximate surface area is 203 Å². The average molecular weight is 481 g/mol. The number of carbonyl (C=O) groups excluding carboxylic acids is 1. The van der Waals surface area contributed by atoms with Gasteiger partial charge in [-0.15, -0.1) is 25.7 Å². The number of aromatic nitrogens is 7. The molecule has 2 aliphatic rings. The zero-order chi connectivity index (χ0) is 24.8. The van der Waals surface area contributed by atoms with Crippen LogP contribution in [0.2, 0.25) is 5.28 Å². The normalized spacial score (nSPS) is 13.6. The van der Waals surface area contributed by atoms with Gasteiger partial charge >= 0.3 is 0 Å². The summed E-state index contributed by atoms with van der Waals surface area (Å²) in [6, 6.07) is 2.00. The van der Waals surface area contributed by atoms with Crippen LogP contribution >= 0.6 is 11.6 Å². The summed E-state index contributed by atoms with van der Waals surface area (Å²) in [5.74, 6) is 2.88. The first-order valence-electron chi connectivity index (χ1n) is 10.3. The first-order chi connectivity index (χ1) is 16.7. The van der Waals surface area contributed by atoms with Crippen LogP contribution in [0.4, 0.5) is 23.5 Å². The third kappa shape index (κ3) is 8.04. The molecule has 0 radical (unpaired) electrons. The van der Waals surface area contributed by atoms with E-state index in [-0.39, 0.29) is 5.28 Å². The summed E-state index contributed by atoms with van der Waals surface area (Å²) in [4.78, 5) is 32.2. The van der Waals surface area contributed by atoms with Gasteiger partial charge in [-0.05, 0) is 37.3 Å². The molecule has 12 heteroatoms. The fourth-order valence-corrected chi connectivity index (χ4v) is 3.16. The van der Waals surface area contributed by atoms with Gasteiger partial charge in [-0.25, -0.2) is 4.98 Å². The minimum absolute atomic E-state index is 0.201. The van der Waals surface area contributed by atoms with E-state index in [0.717, 1.165) is 31.6 Å². The molecule has 3 aromatic rings. The van der Waals surface area contributed by atoms with E-state index in [1.54, 1.807) is 0 Å². The Hall–Kier alpha value is -4.22. The summed E-state index contributed by atoms with van der Waals surface area (Å²) in [5.41, 5.74) is 1.16. The van der Waals surface area contributed by atoms with Crippen molar-refractivity contribution in [2.24, 2.45) is 0 Å². The van der Waals surface area contributed by atoms with Gasteiger partial charge < -0.3 is 15.5 Å². The first kappa shape index (κ1) is 26.0. The number of hydrogen-bond acceptors (Lipinski definition) is 9. The largest absolute Gasteiger partial charge is 0.341 e. The number of nitrogens with zero attached hydrogens (tertiary/aromatic N) is 7. The Balaban J connectivity index is 0.000000265. The van der Waals surface area contributed by atoms with Gasteiger partial charge in [-0.1, -0.05) is 0 Å². The number of carbonyl (C=O) groups is 1. The third-order valence-electron chi connectivity index (χ3n) is 4.61. The van der Waals surface area contributed by atoms with Crippen molar-refractivity contribution in [2.45, 2.75) is 31.6 Å². The van der Waals surface area contributed by atoms with Crippen LogP contribution in [0.3, 0.4) is 0 Å². The summed E-state index contributed by atoms with van der Waals surface area (Å²) in [7, 11) is 0. The third-order valence-corrected chi connectivity index (χ3v) is 4.78. The van der Waals surface area contributed by atoms with E-state index >= 15 is 0 Å². The fraction of sp³-hybridized carbons (Fsp3) is 0.318. The van der Waals surface area contributed by atoms with Crippen LogP contribution in [0.5, 0.6) is 0 Å². The topological polar surface area (TPSA) is 138 Å². The summed E-state index contributed by atoms with van der Waals surface area (Å²) in [6.45, 7) is 1.93. The molecule has 0 bridgehead atoms. The molecular weight excluding hydrogens is 456 g/mol. The van der Waals surface area contributed by atoms with Crippen molar-refractivity contribution in [3.63, 3.8) is 0 Å². The number of nitrogens with one attached hydrogen (secondary N) is 3. The molecule has 0 atom stereocenters. The number of anilines is 4. The van der Waals surface area contributed by atoms with Gasteiger partial charge in [-0.3, -0.25) is 14.9 Å². The molecule has 0 spiro atoms. The Kier molecular flexibility index (Phi) is 10.7. The molecular formula is C22H25ClN10O. The van der Waals surface area contributed by atoms with E-state index < -0.39 is 0 Å². The van der Waals surface area contributed by atoms with E-state index in [4.69, 9.17) is 11.6 Å². The minimum atomic E-state index is 0.201. The summed E-state index contributed by atoms with van der Waals surface area (Å²) >= 11 is 6.00. The molecule has 34 heavy (non-hydrogen) atoms. The van der Waals surface area contributed by atoms with Crippen molar-refractivity contribution in [3.05, 3.63) is 35.6 Å². The van der Waals surface area contributed by atoms with Gasteiger partial charge in [0, 0.05) is 43.2 Å². The van der Waals surface area contributed by atoms with Crippen LogP contribution in [0.1, 0.15) is 37.3 Å². The number of terminal acetylenes is 2. The first-order valence-corrected chi connectivity index (χ1v) is 10.7. The molecule has 1 aliphatic carbocycles. The molecule has 1 amide bonds. The van der Waals surface area contributed by atoms with E-state index in [1.165, 1.54) is 31.4 Å². The summed E-state index contributed by atoms with van der Waals surface area (Å²) < 4.78 is 0. The van der Waals surface area contributed by atoms with Crippen molar-refractivity contribution in [2.75, 3.05) is 28.6 Å². The van der Waals surface area contributed by atoms with Gasteiger partial charge in [-0.2, -0.15) is 20.1 Å². The number of hydrogen-bond donors (Lipinski definition) is 3.